The average molecular weight is 506 g/mol. The Bertz CT molecular complexity index is 1020. The molecule has 2 atom stereocenters. The lowest BCUT2D eigenvalue weighted by Gasteiger charge is -2.28. The second-order valence-corrected chi connectivity index (χ2v) is 10.6. The predicted molar refractivity (Wildman–Crippen MR) is 147 cm³/mol. The molecule has 1 heterocycles. The maximum Gasteiger partial charge on any atom is 0.163 e. The van der Waals surface area contributed by atoms with Crippen LogP contribution in [-0.2, 0) is 0 Å². The number of nitrogens with one attached hydrogen (secondary N) is 1. The van der Waals surface area contributed by atoms with E-state index in [2.05, 4.69) is 51.2 Å². The summed E-state index contributed by atoms with van der Waals surface area (Å²) >= 11 is 1.58. The van der Waals surface area contributed by atoms with Gasteiger partial charge in [0.25, 0.3) is 0 Å². The van der Waals surface area contributed by atoms with E-state index in [9.17, 15) is 10.5 Å². The van der Waals surface area contributed by atoms with Crippen molar-refractivity contribution in [2.75, 3.05) is 18.5 Å². The Hall–Kier alpha value is -2.83. The third-order valence-corrected chi connectivity index (χ3v) is 8.13. The van der Waals surface area contributed by atoms with Gasteiger partial charge in [0.1, 0.15) is 29.0 Å². The molecule has 2 aromatic rings. The summed E-state index contributed by atoms with van der Waals surface area (Å²) in [6.45, 7) is 9.79. The first kappa shape index (κ1) is 27.8. The number of ether oxygens (including phenoxy) is 2. The van der Waals surface area contributed by atoms with Crippen molar-refractivity contribution < 1.29 is 9.47 Å². The van der Waals surface area contributed by atoms with Crippen LogP contribution in [0.3, 0.4) is 0 Å². The second-order valence-electron chi connectivity index (χ2n) is 9.51. The van der Waals surface area contributed by atoms with E-state index in [1.165, 1.54) is 0 Å². The van der Waals surface area contributed by atoms with Crippen molar-refractivity contribution in [3.63, 3.8) is 0 Å². The van der Waals surface area contributed by atoms with Crippen molar-refractivity contribution in [3.05, 3.63) is 35.4 Å². The lowest BCUT2D eigenvalue weighted by Crippen LogP contribution is -2.17. The molecule has 0 radical (unpaired) electrons. The van der Waals surface area contributed by atoms with Crippen molar-refractivity contribution in [2.24, 2.45) is 11.8 Å². The number of unbranched alkanes of at least 4 members (excludes halogenated alkanes) is 2. The fourth-order valence-electron chi connectivity index (χ4n) is 4.49. The van der Waals surface area contributed by atoms with Gasteiger partial charge in [-0.15, -0.1) is 0 Å². The smallest absolute Gasteiger partial charge is 0.163 e. The number of hydrogen-bond acceptors (Lipinski definition) is 6. The molecule has 0 aliphatic carbocycles. The molecule has 1 N–H and O–H groups in total. The molecule has 6 heteroatoms. The molecule has 0 aromatic heterocycles. The number of nitrogens with zero attached hydrogens (tertiary/aromatic N) is 2. The zero-order chi connectivity index (χ0) is 25.9. The molecule has 0 spiro atoms. The first-order valence-corrected chi connectivity index (χ1v) is 14.3. The van der Waals surface area contributed by atoms with Crippen LogP contribution in [0.1, 0.15) is 90.2 Å². The number of anilines is 2. The van der Waals surface area contributed by atoms with E-state index in [1.807, 2.05) is 18.2 Å². The minimum absolute atomic E-state index is 0.255. The van der Waals surface area contributed by atoms with Crippen molar-refractivity contribution in [2.45, 2.75) is 88.9 Å². The summed E-state index contributed by atoms with van der Waals surface area (Å²) in [5, 5.41) is 23.9. The fourth-order valence-corrected chi connectivity index (χ4v) is 5.59. The lowest BCUT2D eigenvalue weighted by molar-refractivity contribution is 0.224. The molecule has 2 aromatic carbocycles. The molecule has 36 heavy (non-hydrogen) atoms. The highest BCUT2D eigenvalue weighted by atomic mass is 32.2. The van der Waals surface area contributed by atoms with Gasteiger partial charge in [-0.3, -0.25) is 0 Å². The Morgan fingerprint density at radius 3 is 1.94 bits per heavy atom. The van der Waals surface area contributed by atoms with E-state index >= 15 is 0 Å². The molecule has 0 fully saturated rings. The Balaban J connectivity index is 2.05. The summed E-state index contributed by atoms with van der Waals surface area (Å²) in [5.41, 5.74) is 2.22. The van der Waals surface area contributed by atoms with Gasteiger partial charge < -0.3 is 14.8 Å². The quantitative estimate of drug-likeness (QED) is 0.236. The van der Waals surface area contributed by atoms with Crippen LogP contribution in [0, 0.1) is 34.5 Å². The largest absolute Gasteiger partial charge is 0.491 e. The van der Waals surface area contributed by atoms with Gasteiger partial charge >= 0.3 is 0 Å². The van der Waals surface area contributed by atoms with Gasteiger partial charge in [0.15, 0.2) is 11.5 Å². The van der Waals surface area contributed by atoms with Gasteiger partial charge in [0.2, 0.25) is 0 Å². The van der Waals surface area contributed by atoms with Crippen molar-refractivity contribution in [1.29, 1.82) is 10.5 Å². The number of rotatable bonds is 14. The molecule has 0 amide bonds. The molecule has 0 bridgehead atoms. The molecule has 3 rings (SSSR count). The molecule has 0 saturated carbocycles. The van der Waals surface area contributed by atoms with Crippen molar-refractivity contribution in [3.8, 4) is 23.6 Å². The highest BCUT2D eigenvalue weighted by Crippen LogP contribution is 2.55. The number of hydrogen-bond donors (Lipinski definition) is 1. The van der Waals surface area contributed by atoms with E-state index in [-0.39, 0.29) is 11.1 Å². The molecule has 192 valence electrons. The minimum atomic E-state index is 0.255. The Morgan fingerprint density at radius 1 is 0.833 bits per heavy atom. The van der Waals surface area contributed by atoms with Crippen LogP contribution in [0.15, 0.2) is 34.1 Å². The lowest BCUT2D eigenvalue weighted by atomic mass is 9.99. The first-order chi connectivity index (χ1) is 17.6. The van der Waals surface area contributed by atoms with Crippen LogP contribution < -0.4 is 14.8 Å². The Labute approximate surface area is 221 Å². The standard InChI is InChI=1S/C30H39N3O2S/c1-5-9-13-21(7-3)19-34-28-23(17-31)24(18-32)29(35-20-22(8-4)14-10-6-2)30-27(28)33-25-15-11-12-16-26(25)36-30/h11-12,15-16,21-22,33H,5-10,13-14,19-20H2,1-4H3. The van der Waals surface area contributed by atoms with Crippen LogP contribution in [0.25, 0.3) is 0 Å². The number of fused-ring (bicyclic) bond motifs is 2. The molecule has 2 unspecified atom stereocenters. The topological polar surface area (TPSA) is 78.1 Å². The van der Waals surface area contributed by atoms with E-state index in [4.69, 9.17) is 9.47 Å². The van der Waals surface area contributed by atoms with E-state index in [0.29, 0.717) is 36.5 Å². The summed E-state index contributed by atoms with van der Waals surface area (Å²) in [6.07, 6.45) is 8.80. The van der Waals surface area contributed by atoms with Gasteiger partial charge in [-0.1, -0.05) is 90.1 Å². The summed E-state index contributed by atoms with van der Waals surface area (Å²) in [7, 11) is 0. The number of benzene rings is 2. The maximum atomic E-state index is 10.2. The highest BCUT2D eigenvalue weighted by Gasteiger charge is 2.31. The summed E-state index contributed by atoms with van der Waals surface area (Å²) in [5.74, 6) is 1.77. The number of nitriles is 2. The van der Waals surface area contributed by atoms with Crippen LogP contribution in [0.4, 0.5) is 11.4 Å². The van der Waals surface area contributed by atoms with E-state index in [0.717, 1.165) is 72.5 Å². The van der Waals surface area contributed by atoms with Crippen LogP contribution in [0.5, 0.6) is 11.5 Å². The minimum Gasteiger partial charge on any atom is -0.491 e. The van der Waals surface area contributed by atoms with Gasteiger partial charge in [0.05, 0.1) is 23.8 Å². The highest BCUT2D eigenvalue weighted by molar-refractivity contribution is 7.99. The maximum absolute atomic E-state index is 10.2. The molecule has 1 aliphatic heterocycles. The van der Waals surface area contributed by atoms with Gasteiger partial charge in [-0.05, 0) is 36.8 Å². The summed E-state index contributed by atoms with van der Waals surface area (Å²) in [4.78, 5) is 1.88. The number of para-hydroxylation sites is 1. The van der Waals surface area contributed by atoms with Crippen LogP contribution >= 0.6 is 11.8 Å². The third-order valence-electron chi connectivity index (χ3n) is 6.96. The fraction of sp³-hybridized carbons (Fsp3) is 0.533. The zero-order valence-corrected chi connectivity index (χ0v) is 23.0. The molecular formula is C30H39N3O2S. The van der Waals surface area contributed by atoms with E-state index in [1.54, 1.807) is 11.8 Å². The monoisotopic (exact) mass is 505 g/mol. The third kappa shape index (κ3) is 6.48. The molecule has 0 saturated heterocycles. The molecule has 5 nitrogen and oxygen atoms in total. The SMILES string of the molecule is CCCCC(CC)COc1c(C#N)c(C#N)c(OCC(CC)CCCC)c2c1Nc1ccccc1S2. The van der Waals surface area contributed by atoms with E-state index < -0.39 is 0 Å². The molecular weight excluding hydrogens is 466 g/mol. The zero-order valence-electron chi connectivity index (χ0n) is 22.2. The molecule has 1 aliphatic rings. The normalized spacial score (nSPS) is 13.4. The van der Waals surface area contributed by atoms with Gasteiger partial charge in [0, 0.05) is 4.90 Å². The Morgan fingerprint density at radius 2 is 1.39 bits per heavy atom. The van der Waals surface area contributed by atoms with Gasteiger partial charge in [-0.2, -0.15) is 10.5 Å². The van der Waals surface area contributed by atoms with Crippen molar-refractivity contribution >= 4 is 23.1 Å². The second kappa shape index (κ2) is 14.0. The summed E-state index contributed by atoms with van der Waals surface area (Å²) in [6, 6.07) is 12.6. The van der Waals surface area contributed by atoms with Crippen LogP contribution in [0.2, 0.25) is 0 Å². The van der Waals surface area contributed by atoms with Gasteiger partial charge in [-0.25, -0.2) is 0 Å². The first-order valence-electron chi connectivity index (χ1n) is 13.4. The Kier molecular flexibility index (Phi) is 10.8. The van der Waals surface area contributed by atoms with Crippen molar-refractivity contribution in [1.82, 2.24) is 0 Å². The summed E-state index contributed by atoms with van der Waals surface area (Å²) < 4.78 is 12.8. The predicted octanol–water partition coefficient (Wildman–Crippen LogP) is 8.83. The van der Waals surface area contributed by atoms with Crippen LogP contribution in [-0.4, -0.2) is 13.2 Å². The average Bonchev–Trinajstić information content (AvgIpc) is 2.92.